The van der Waals surface area contributed by atoms with E-state index in [9.17, 15) is 19.2 Å². The minimum absolute atomic E-state index is 0.252. The average Bonchev–Trinajstić information content (AvgIpc) is 2.76. The third-order valence-electron chi connectivity index (χ3n) is 3.58. The summed E-state index contributed by atoms with van der Waals surface area (Å²) in [5.74, 6) is -1.68. The summed E-state index contributed by atoms with van der Waals surface area (Å²) in [7, 11) is 1.71. The Balaban J connectivity index is 2.40. The molecule has 0 aromatic heterocycles. The standard InChI is InChI=1S/C15H17N3O4/c1-3-4-12(13(20)17-8-19)18-14(21)10-6-5-9(16-2)7-11(10)15(18)22/h5-8,12,16H,3-4H2,1-2H3,(H,17,19,20). The maximum Gasteiger partial charge on any atom is 0.262 e. The van der Waals surface area contributed by atoms with E-state index in [0.29, 0.717) is 18.5 Å². The lowest BCUT2D eigenvalue weighted by Gasteiger charge is -2.23. The van der Waals surface area contributed by atoms with Gasteiger partial charge in [0.2, 0.25) is 12.3 Å². The SMILES string of the molecule is CCCC(C(=O)NC=O)N1C(=O)c2ccc(NC)cc2C1=O. The van der Waals surface area contributed by atoms with Crippen LogP contribution in [0.3, 0.4) is 0 Å². The van der Waals surface area contributed by atoms with Crippen LogP contribution < -0.4 is 10.6 Å². The van der Waals surface area contributed by atoms with Gasteiger partial charge < -0.3 is 5.32 Å². The number of nitrogens with zero attached hydrogens (tertiary/aromatic N) is 1. The van der Waals surface area contributed by atoms with Crippen molar-refractivity contribution in [1.29, 1.82) is 0 Å². The number of amides is 4. The zero-order valence-corrected chi connectivity index (χ0v) is 12.4. The Morgan fingerprint density at radius 1 is 1.27 bits per heavy atom. The summed E-state index contributed by atoms with van der Waals surface area (Å²) in [4.78, 5) is 48.4. The fourth-order valence-electron chi connectivity index (χ4n) is 2.50. The number of hydrogen-bond donors (Lipinski definition) is 2. The predicted molar refractivity (Wildman–Crippen MR) is 79.4 cm³/mol. The molecule has 7 nitrogen and oxygen atoms in total. The Kier molecular flexibility index (Phi) is 4.55. The number of anilines is 1. The normalized spacial score (nSPS) is 14.5. The van der Waals surface area contributed by atoms with Crippen molar-refractivity contribution in [2.75, 3.05) is 12.4 Å². The molecule has 0 aliphatic carbocycles. The van der Waals surface area contributed by atoms with Crippen molar-refractivity contribution in [2.24, 2.45) is 0 Å². The van der Waals surface area contributed by atoms with E-state index in [4.69, 9.17) is 0 Å². The number of nitrogens with one attached hydrogen (secondary N) is 2. The second-order valence-corrected chi connectivity index (χ2v) is 4.92. The molecule has 1 unspecified atom stereocenters. The van der Waals surface area contributed by atoms with E-state index in [1.165, 1.54) is 0 Å². The Morgan fingerprint density at radius 3 is 2.55 bits per heavy atom. The van der Waals surface area contributed by atoms with E-state index in [0.717, 1.165) is 4.90 Å². The summed E-state index contributed by atoms with van der Waals surface area (Å²) in [6.07, 6.45) is 1.14. The summed E-state index contributed by atoms with van der Waals surface area (Å²) >= 11 is 0. The highest BCUT2D eigenvalue weighted by molar-refractivity contribution is 6.23. The van der Waals surface area contributed by atoms with Crippen LogP contribution >= 0.6 is 0 Å². The second-order valence-electron chi connectivity index (χ2n) is 4.92. The second kappa shape index (κ2) is 6.38. The molecule has 116 valence electrons. The molecule has 2 N–H and O–H groups in total. The summed E-state index contributed by atoms with van der Waals surface area (Å²) in [5.41, 5.74) is 1.23. The highest BCUT2D eigenvalue weighted by Crippen LogP contribution is 2.28. The van der Waals surface area contributed by atoms with Crippen molar-refractivity contribution in [2.45, 2.75) is 25.8 Å². The first-order chi connectivity index (χ1) is 10.5. The van der Waals surface area contributed by atoms with Crippen LogP contribution in [0.5, 0.6) is 0 Å². The first-order valence-corrected chi connectivity index (χ1v) is 6.98. The fraction of sp³-hybridized carbons (Fsp3) is 0.333. The molecule has 22 heavy (non-hydrogen) atoms. The quantitative estimate of drug-likeness (QED) is 0.597. The smallest absolute Gasteiger partial charge is 0.262 e. The van der Waals surface area contributed by atoms with Crippen molar-refractivity contribution in [3.05, 3.63) is 29.3 Å². The molecule has 0 bridgehead atoms. The van der Waals surface area contributed by atoms with Gasteiger partial charge in [-0.2, -0.15) is 0 Å². The maximum atomic E-state index is 12.5. The molecule has 1 aromatic rings. The molecule has 0 spiro atoms. The van der Waals surface area contributed by atoms with Crippen LogP contribution in [0.4, 0.5) is 5.69 Å². The topological polar surface area (TPSA) is 95.6 Å². The van der Waals surface area contributed by atoms with Crippen molar-refractivity contribution in [1.82, 2.24) is 10.2 Å². The van der Waals surface area contributed by atoms with Gasteiger partial charge in [-0.25, -0.2) is 0 Å². The van der Waals surface area contributed by atoms with Gasteiger partial charge in [-0.15, -0.1) is 0 Å². The van der Waals surface area contributed by atoms with Crippen LogP contribution in [0, 0.1) is 0 Å². The van der Waals surface area contributed by atoms with Crippen molar-refractivity contribution >= 4 is 29.8 Å². The number of imide groups is 2. The lowest BCUT2D eigenvalue weighted by molar-refractivity contribution is -0.128. The number of fused-ring (bicyclic) bond motifs is 1. The zero-order valence-electron chi connectivity index (χ0n) is 12.4. The Labute approximate surface area is 127 Å². The molecule has 4 amide bonds. The van der Waals surface area contributed by atoms with Gasteiger partial charge in [0.1, 0.15) is 6.04 Å². The molecule has 7 heteroatoms. The van der Waals surface area contributed by atoms with Gasteiger partial charge in [0, 0.05) is 12.7 Å². The molecule has 0 fully saturated rings. The van der Waals surface area contributed by atoms with Crippen LogP contribution in [-0.2, 0) is 9.59 Å². The van der Waals surface area contributed by atoms with Gasteiger partial charge in [-0.1, -0.05) is 13.3 Å². The van der Waals surface area contributed by atoms with Gasteiger partial charge in [0.25, 0.3) is 11.8 Å². The van der Waals surface area contributed by atoms with Gasteiger partial charge >= 0.3 is 0 Å². The van der Waals surface area contributed by atoms with Gasteiger partial charge in [-0.05, 0) is 24.6 Å². The number of hydrogen-bond acceptors (Lipinski definition) is 5. The molecule has 2 rings (SSSR count). The lowest BCUT2D eigenvalue weighted by atomic mass is 10.1. The van der Waals surface area contributed by atoms with Crippen molar-refractivity contribution < 1.29 is 19.2 Å². The van der Waals surface area contributed by atoms with Gasteiger partial charge in [0.05, 0.1) is 11.1 Å². The first kappa shape index (κ1) is 15.7. The van der Waals surface area contributed by atoms with Crippen LogP contribution in [0.25, 0.3) is 0 Å². The van der Waals surface area contributed by atoms with E-state index in [1.54, 1.807) is 25.2 Å². The average molecular weight is 303 g/mol. The van der Waals surface area contributed by atoms with E-state index in [2.05, 4.69) is 5.32 Å². The third-order valence-corrected chi connectivity index (χ3v) is 3.58. The van der Waals surface area contributed by atoms with Crippen LogP contribution in [0.2, 0.25) is 0 Å². The number of benzene rings is 1. The predicted octanol–water partition coefficient (Wildman–Crippen LogP) is 0.766. The minimum Gasteiger partial charge on any atom is -0.388 e. The summed E-state index contributed by atoms with van der Waals surface area (Å²) < 4.78 is 0. The minimum atomic E-state index is -0.986. The summed E-state index contributed by atoms with van der Waals surface area (Å²) in [6.45, 7) is 1.83. The Hall–Kier alpha value is -2.70. The van der Waals surface area contributed by atoms with E-state index < -0.39 is 23.8 Å². The van der Waals surface area contributed by atoms with Crippen LogP contribution in [0.15, 0.2) is 18.2 Å². The molecular weight excluding hydrogens is 286 g/mol. The first-order valence-electron chi connectivity index (χ1n) is 6.98. The van der Waals surface area contributed by atoms with Crippen LogP contribution in [0.1, 0.15) is 40.5 Å². The van der Waals surface area contributed by atoms with Crippen molar-refractivity contribution in [3.63, 3.8) is 0 Å². The molecule has 1 aromatic carbocycles. The molecule has 0 saturated carbocycles. The largest absolute Gasteiger partial charge is 0.388 e. The van der Waals surface area contributed by atoms with E-state index >= 15 is 0 Å². The number of carbonyl (C=O) groups excluding carboxylic acids is 4. The highest BCUT2D eigenvalue weighted by Gasteiger charge is 2.42. The van der Waals surface area contributed by atoms with E-state index in [1.807, 2.05) is 12.2 Å². The Bertz CT molecular complexity index is 642. The summed E-state index contributed by atoms with van der Waals surface area (Å²) in [6, 6.07) is 3.84. The molecule has 1 heterocycles. The molecule has 1 aliphatic rings. The molecule has 0 radical (unpaired) electrons. The zero-order chi connectivity index (χ0) is 16.3. The molecule has 0 saturated heterocycles. The lowest BCUT2D eigenvalue weighted by Crippen LogP contribution is -2.49. The molecule has 1 aliphatic heterocycles. The van der Waals surface area contributed by atoms with Crippen molar-refractivity contribution in [3.8, 4) is 0 Å². The summed E-state index contributed by atoms with van der Waals surface area (Å²) in [5, 5.41) is 4.92. The Morgan fingerprint density at radius 2 is 1.95 bits per heavy atom. The van der Waals surface area contributed by atoms with Crippen LogP contribution in [-0.4, -0.2) is 42.1 Å². The molecular formula is C15H17N3O4. The fourth-order valence-corrected chi connectivity index (χ4v) is 2.50. The van der Waals surface area contributed by atoms with Gasteiger partial charge in [-0.3, -0.25) is 29.4 Å². The third kappa shape index (κ3) is 2.57. The maximum absolute atomic E-state index is 12.5. The van der Waals surface area contributed by atoms with E-state index in [-0.39, 0.29) is 17.5 Å². The monoisotopic (exact) mass is 303 g/mol. The van der Waals surface area contributed by atoms with Gasteiger partial charge in [0.15, 0.2) is 0 Å². The number of rotatable bonds is 6. The molecule has 1 atom stereocenters. The highest BCUT2D eigenvalue weighted by atomic mass is 16.2. The number of carbonyl (C=O) groups is 4.